The number of fused-ring (bicyclic) bond motifs is 2. The first-order chi connectivity index (χ1) is 14.9. The summed E-state index contributed by atoms with van der Waals surface area (Å²) < 4.78 is 4.96. The van der Waals surface area contributed by atoms with Gasteiger partial charge in [0.2, 0.25) is 0 Å². The number of rotatable bonds is 7. The van der Waals surface area contributed by atoms with Crippen molar-refractivity contribution in [3.63, 3.8) is 0 Å². The minimum Gasteiger partial charge on any atom is -0.396 e. The summed E-state index contributed by atoms with van der Waals surface area (Å²) in [6.45, 7) is 4.59. The number of benzene rings is 2. The fourth-order valence-electron chi connectivity index (χ4n) is 4.05. The molecule has 162 valence electrons. The molecule has 7 heteroatoms. The van der Waals surface area contributed by atoms with Gasteiger partial charge < -0.3 is 9.67 Å². The van der Waals surface area contributed by atoms with Crippen molar-refractivity contribution in [3.05, 3.63) is 75.1 Å². The van der Waals surface area contributed by atoms with Crippen LogP contribution in [0, 0.1) is 0 Å². The van der Waals surface area contributed by atoms with Gasteiger partial charge in [0.25, 0.3) is 5.56 Å². The van der Waals surface area contributed by atoms with Crippen LogP contribution < -0.4 is 11.2 Å². The zero-order valence-electron chi connectivity index (χ0n) is 18.0. The van der Waals surface area contributed by atoms with Gasteiger partial charge in [0.1, 0.15) is 0 Å². The molecule has 0 atom stereocenters. The molecule has 2 aromatic heterocycles. The summed E-state index contributed by atoms with van der Waals surface area (Å²) in [4.78, 5) is 26.0. The summed E-state index contributed by atoms with van der Waals surface area (Å²) >= 11 is 1.56. The number of aliphatic hydroxyl groups is 1. The second-order valence-corrected chi connectivity index (χ2v) is 9.08. The molecule has 4 aromatic rings. The molecule has 2 aromatic carbocycles. The van der Waals surface area contributed by atoms with Crippen LogP contribution in [-0.2, 0) is 13.6 Å². The molecule has 0 aliphatic carbocycles. The van der Waals surface area contributed by atoms with Crippen LogP contribution in [0.15, 0.2) is 63.3 Å². The second-order valence-electron chi connectivity index (χ2n) is 8.00. The van der Waals surface area contributed by atoms with Crippen molar-refractivity contribution in [3.8, 4) is 0 Å². The predicted octanol–water partition coefficient (Wildman–Crippen LogP) is 3.76. The lowest BCUT2D eigenvalue weighted by molar-refractivity contribution is 0.296. The third-order valence-corrected chi connectivity index (χ3v) is 6.76. The third kappa shape index (κ3) is 3.83. The average Bonchev–Trinajstić information content (AvgIpc) is 3.10. The van der Waals surface area contributed by atoms with E-state index in [-0.39, 0.29) is 23.9 Å². The second kappa shape index (κ2) is 8.77. The normalized spacial score (nSPS) is 11.8. The first-order valence-electron chi connectivity index (χ1n) is 10.5. The maximum Gasteiger partial charge on any atom is 0.331 e. The molecule has 0 saturated heterocycles. The van der Waals surface area contributed by atoms with Crippen molar-refractivity contribution in [1.29, 1.82) is 0 Å². The average molecular weight is 438 g/mol. The number of aliphatic hydroxyl groups excluding tert-OH is 1. The van der Waals surface area contributed by atoms with Gasteiger partial charge in [-0.3, -0.25) is 13.9 Å². The molecule has 0 radical (unpaired) electrons. The van der Waals surface area contributed by atoms with Crippen LogP contribution in [0.4, 0.5) is 0 Å². The Hall–Kier alpha value is -2.77. The predicted molar refractivity (Wildman–Crippen MR) is 127 cm³/mol. The van der Waals surface area contributed by atoms with Crippen LogP contribution in [0.2, 0.25) is 0 Å². The van der Waals surface area contributed by atoms with E-state index in [1.807, 2.05) is 38.2 Å². The van der Waals surface area contributed by atoms with Crippen molar-refractivity contribution in [2.24, 2.45) is 7.05 Å². The Morgan fingerprint density at radius 3 is 2.55 bits per heavy atom. The summed E-state index contributed by atoms with van der Waals surface area (Å²) in [5.74, 6) is 0.690. The Morgan fingerprint density at radius 1 is 1.06 bits per heavy atom. The van der Waals surface area contributed by atoms with Gasteiger partial charge in [-0.2, -0.15) is 0 Å². The van der Waals surface area contributed by atoms with Gasteiger partial charge in [-0.15, -0.1) is 11.8 Å². The maximum atomic E-state index is 13.1. The molecule has 31 heavy (non-hydrogen) atoms. The molecule has 0 spiro atoms. The zero-order chi connectivity index (χ0) is 22.1. The van der Waals surface area contributed by atoms with E-state index in [1.165, 1.54) is 22.4 Å². The zero-order valence-corrected chi connectivity index (χ0v) is 18.9. The Morgan fingerprint density at radius 2 is 1.81 bits per heavy atom. The Bertz CT molecular complexity index is 1360. The van der Waals surface area contributed by atoms with Crippen LogP contribution in [0.3, 0.4) is 0 Å². The standard InChI is InChI=1S/C24H27N3O3S/c1-16(2)27-20-15-26(14-18-10-6-9-17-8-4-5-11-19(17)18)23(31-13-7-12-28)21(20)22(29)25(3)24(27)30/h4-6,8-11,15-16,28H,7,12-14H2,1-3H3. The molecule has 0 amide bonds. The van der Waals surface area contributed by atoms with Gasteiger partial charge in [-0.25, -0.2) is 4.79 Å². The van der Waals surface area contributed by atoms with Gasteiger partial charge in [0, 0.05) is 38.2 Å². The summed E-state index contributed by atoms with van der Waals surface area (Å²) in [5.41, 5.74) is 1.23. The lowest BCUT2D eigenvalue weighted by atomic mass is 10.0. The molecule has 0 unspecified atom stereocenters. The number of aromatic nitrogens is 3. The van der Waals surface area contributed by atoms with E-state index in [2.05, 4.69) is 28.8 Å². The first-order valence-corrected chi connectivity index (χ1v) is 11.5. The van der Waals surface area contributed by atoms with E-state index in [0.717, 1.165) is 10.6 Å². The molecule has 0 saturated carbocycles. The Balaban J connectivity index is 1.96. The van der Waals surface area contributed by atoms with E-state index in [9.17, 15) is 14.7 Å². The molecule has 4 rings (SSSR count). The number of hydrogen-bond acceptors (Lipinski definition) is 4. The highest BCUT2D eigenvalue weighted by atomic mass is 32.2. The molecular weight excluding hydrogens is 410 g/mol. The molecule has 0 fully saturated rings. The van der Waals surface area contributed by atoms with Gasteiger partial charge in [-0.1, -0.05) is 42.5 Å². The van der Waals surface area contributed by atoms with E-state index in [1.54, 1.807) is 16.3 Å². The van der Waals surface area contributed by atoms with Gasteiger partial charge in [-0.05, 0) is 36.6 Å². The van der Waals surface area contributed by atoms with Gasteiger partial charge in [0.15, 0.2) is 0 Å². The minimum absolute atomic E-state index is 0.0782. The van der Waals surface area contributed by atoms with Crippen LogP contribution >= 0.6 is 11.8 Å². The topological polar surface area (TPSA) is 69.2 Å². The van der Waals surface area contributed by atoms with Crippen LogP contribution in [0.1, 0.15) is 31.9 Å². The molecular formula is C24H27N3O3S. The molecule has 1 N–H and O–H groups in total. The third-order valence-electron chi connectivity index (χ3n) is 5.56. The van der Waals surface area contributed by atoms with E-state index >= 15 is 0 Å². The largest absolute Gasteiger partial charge is 0.396 e. The highest BCUT2D eigenvalue weighted by Crippen LogP contribution is 2.30. The quantitative estimate of drug-likeness (QED) is 0.353. The van der Waals surface area contributed by atoms with Crippen molar-refractivity contribution in [2.75, 3.05) is 12.4 Å². The van der Waals surface area contributed by atoms with E-state index < -0.39 is 0 Å². The van der Waals surface area contributed by atoms with Crippen LogP contribution in [0.25, 0.3) is 21.7 Å². The molecule has 0 aliphatic heterocycles. The van der Waals surface area contributed by atoms with Gasteiger partial charge >= 0.3 is 5.69 Å². The summed E-state index contributed by atoms with van der Waals surface area (Å²) in [6.07, 6.45) is 2.57. The smallest absolute Gasteiger partial charge is 0.331 e. The van der Waals surface area contributed by atoms with Crippen molar-refractivity contribution in [2.45, 2.75) is 37.9 Å². The van der Waals surface area contributed by atoms with Crippen LogP contribution in [0.5, 0.6) is 0 Å². The summed E-state index contributed by atoms with van der Waals surface area (Å²) in [7, 11) is 1.53. The SMILES string of the molecule is CC(C)n1c(=O)n(C)c(=O)c2c(SCCCO)n(Cc3cccc4ccccc34)cc21. The number of nitrogens with zero attached hydrogens (tertiary/aromatic N) is 3. The fraction of sp³-hybridized carbons (Fsp3) is 0.333. The van der Waals surface area contributed by atoms with Crippen molar-refractivity contribution in [1.82, 2.24) is 13.7 Å². The molecule has 2 heterocycles. The van der Waals surface area contributed by atoms with E-state index in [4.69, 9.17) is 0 Å². The molecule has 6 nitrogen and oxygen atoms in total. The summed E-state index contributed by atoms with van der Waals surface area (Å²) in [6, 6.07) is 14.4. The number of hydrogen-bond donors (Lipinski definition) is 1. The van der Waals surface area contributed by atoms with Crippen molar-refractivity contribution < 1.29 is 5.11 Å². The maximum absolute atomic E-state index is 13.1. The van der Waals surface area contributed by atoms with Gasteiger partial charge in [0.05, 0.1) is 15.9 Å². The van der Waals surface area contributed by atoms with Crippen molar-refractivity contribution >= 4 is 33.4 Å². The lowest BCUT2D eigenvalue weighted by Gasteiger charge is -2.13. The molecule has 0 bridgehead atoms. The summed E-state index contributed by atoms with van der Waals surface area (Å²) in [5, 5.41) is 13.0. The monoisotopic (exact) mass is 437 g/mol. The molecule has 0 aliphatic rings. The van der Waals surface area contributed by atoms with Crippen LogP contribution in [-0.4, -0.2) is 31.2 Å². The van der Waals surface area contributed by atoms with E-state index in [0.29, 0.717) is 29.6 Å². The fourth-order valence-corrected chi connectivity index (χ4v) is 5.13. The first kappa shape index (κ1) is 21.5. The lowest BCUT2D eigenvalue weighted by Crippen LogP contribution is -2.38. The Kier molecular flexibility index (Phi) is 6.07. The highest BCUT2D eigenvalue weighted by molar-refractivity contribution is 7.99. The minimum atomic E-state index is -0.304. The number of thioether (sulfide) groups is 1. The Labute approximate surface area is 184 Å². The highest BCUT2D eigenvalue weighted by Gasteiger charge is 2.21.